The van der Waals surface area contributed by atoms with Crippen molar-refractivity contribution in [1.29, 1.82) is 0 Å². The lowest BCUT2D eigenvalue weighted by Crippen LogP contribution is -2.37. The highest BCUT2D eigenvalue weighted by atomic mass is 16.2. The summed E-state index contributed by atoms with van der Waals surface area (Å²) >= 11 is 0. The average Bonchev–Trinajstić information content (AvgIpc) is 2.84. The number of imidazole rings is 1. The standard InChI is InChI=1S/C14H10N4O2/c1-4-7-16-10-15-12-11(16)13(19)18(9-6-3)14(20)17(12)8-5-2/h10H,1-3H3. The molecule has 0 aromatic carbocycles. The van der Waals surface area contributed by atoms with Crippen LogP contribution in [0.4, 0.5) is 0 Å². The summed E-state index contributed by atoms with van der Waals surface area (Å²) in [6, 6.07) is 7.77. The summed E-state index contributed by atoms with van der Waals surface area (Å²) in [7, 11) is 0. The Morgan fingerprint density at radius 1 is 0.950 bits per heavy atom. The highest BCUT2D eigenvalue weighted by Gasteiger charge is 2.15. The van der Waals surface area contributed by atoms with Crippen molar-refractivity contribution in [2.75, 3.05) is 0 Å². The molecular weight excluding hydrogens is 256 g/mol. The topological polar surface area (TPSA) is 61.8 Å². The fraction of sp³-hybridized carbons (Fsp3) is 0.214. The van der Waals surface area contributed by atoms with Crippen LogP contribution >= 0.6 is 0 Å². The predicted molar refractivity (Wildman–Crippen MR) is 74.8 cm³/mol. The van der Waals surface area contributed by atoms with Gasteiger partial charge in [-0.2, -0.15) is 9.13 Å². The fourth-order valence-corrected chi connectivity index (χ4v) is 1.71. The molecule has 0 unspecified atom stereocenters. The number of aromatic nitrogens is 4. The van der Waals surface area contributed by atoms with Crippen molar-refractivity contribution >= 4 is 11.2 Å². The minimum Gasteiger partial charge on any atom is -0.266 e. The van der Waals surface area contributed by atoms with Crippen LogP contribution in [0.2, 0.25) is 0 Å². The molecule has 6 heteroatoms. The van der Waals surface area contributed by atoms with E-state index in [2.05, 4.69) is 40.9 Å². The van der Waals surface area contributed by atoms with Crippen molar-refractivity contribution in [2.24, 2.45) is 0 Å². The van der Waals surface area contributed by atoms with Crippen LogP contribution in [-0.2, 0) is 0 Å². The molecule has 0 saturated carbocycles. The molecule has 6 nitrogen and oxygen atoms in total. The fourth-order valence-electron chi connectivity index (χ4n) is 1.71. The Morgan fingerprint density at radius 2 is 1.55 bits per heavy atom. The quantitative estimate of drug-likeness (QED) is 0.623. The van der Waals surface area contributed by atoms with Crippen LogP contribution in [0.15, 0.2) is 15.9 Å². The van der Waals surface area contributed by atoms with Crippen LogP contribution in [-0.4, -0.2) is 18.7 Å². The van der Waals surface area contributed by atoms with Gasteiger partial charge in [0.15, 0.2) is 11.2 Å². The first-order chi connectivity index (χ1) is 9.65. The van der Waals surface area contributed by atoms with Crippen molar-refractivity contribution in [3.8, 4) is 35.9 Å². The molecule has 2 aromatic rings. The first-order valence-electron chi connectivity index (χ1n) is 5.69. The Balaban J connectivity index is 3.14. The summed E-state index contributed by atoms with van der Waals surface area (Å²) < 4.78 is 3.26. The molecule has 2 rings (SSSR count). The molecule has 2 aromatic heterocycles. The molecule has 0 fully saturated rings. The Morgan fingerprint density at radius 3 is 2.15 bits per heavy atom. The Labute approximate surface area is 114 Å². The van der Waals surface area contributed by atoms with Gasteiger partial charge in [-0.15, -0.1) is 0 Å². The molecule has 98 valence electrons. The lowest BCUT2D eigenvalue weighted by atomic mass is 10.5. The van der Waals surface area contributed by atoms with Crippen LogP contribution in [0.5, 0.6) is 0 Å². The molecule has 0 aliphatic carbocycles. The van der Waals surface area contributed by atoms with Crippen molar-refractivity contribution in [1.82, 2.24) is 18.7 Å². The smallest absolute Gasteiger partial charge is 0.266 e. The molecule has 0 N–H and O–H groups in total. The second-order valence-electron chi connectivity index (χ2n) is 3.63. The average molecular weight is 266 g/mol. The normalized spacial score (nSPS) is 8.95. The van der Waals surface area contributed by atoms with Gasteiger partial charge in [-0.25, -0.2) is 9.78 Å². The number of nitrogens with zero attached hydrogens (tertiary/aromatic N) is 4. The van der Waals surface area contributed by atoms with Crippen LogP contribution in [0.25, 0.3) is 11.2 Å². The second kappa shape index (κ2) is 5.22. The van der Waals surface area contributed by atoms with Gasteiger partial charge in [0.05, 0.1) is 0 Å². The zero-order chi connectivity index (χ0) is 14.7. The highest BCUT2D eigenvalue weighted by molar-refractivity contribution is 5.72. The lowest BCUT2D eigenvalue weighted by molar-refractivity contribution is 0.862. The van der Waals surface area contributed by atoms with E-state index in [0.717, 1.165) is 9.13 Å². The molecular formula is C14H10N4O2. The van der Waals surface area contributed by atoms with Gasteiger partial charge in [0.1, 0.15) is 6.33 Å². The minimum atomic E-state index is -0.638. The molecule has 20 heavy (non-hydrogen) atoms. The summed E-state index contributed by atoms with van der Waals surface area (Å²) in [5, 5.41) is 0. The van der Waals surface area contributed by atoms with E-state index in [-0.39, 0.29) is 11.2 Å². The van der Waals surface area contributed by atoms with Crippen molar-refractivity contribution in [3.05, 3.63) is 27.2 Å². The van der Waals surface area contributed by atoms with Gasteiger partial charge in [0.25, 0.3) is 5.56 Å². The van der Waals surface area contributed by atoms with Gasteiger partial charge in [0.2, 0.25) is 0 Å². The molecule has 0 bridgehead atoms. The van der Waals surface area contributed by atoms with E-state index in [1.807, 2.05) is 0 Å². The maximum Gasteiger partial charge on any atom is 0.356 e. The minimum absolute atomic E-state index is 0.171. The van der Waals surface area contributed by atoms with Crippen LogP contribution in [0.1, 0.15) is 20.8 Å². The Hall–Kier alpha value is -3.17. The lowest BCUT2D eigenvalue weighted by Gasteiger charge is -2.01. The van der Waals surface area contributed by atoms with E-state index in [4.69, 9.17) is 0 Å². The molecule has 0 amide bonds. The first kappa shape index (κ1) is 13.3. The van der Waals surface area contributed by atoms with E-state index in [9.17, 15) is 9.59 Å². The molecule has 0 atom stereocenters. The van der Waals surface area contributed by atoms with Gasteiger partial charge in [-0.3, -0.25) is 9.36 Å². The summed E-state index contributed by atoms with van der Waals surface area (Å²) in [5.74, 6) is 7.81. The largest absolute Gasteiger partial charge is 0.356 e. The van der Waals surface area contributed by atoms with E-state index < -0.39 is 11.2 Å². The molecule has 0 spiro atoms. The molecule has 0 saturated heterocycles. The molecule has 2 heterocycles. The third kappa shape index (κ3) is 1.88. The molecule has 0 aliphatic rings. The van der Waals surface area contributed by atoms with Crippen LogP contribution in [0, 0.1) is 35.9 Å². The predicted octanol–water partition coefficient (Wildman–Crippen LogP) is -0.154. The summed E-state index contributed by atoms with van der Waals surface area (Å²) in [5.41, 5.74) is -0.856. The maximum absolute atomic E-state index is 12.3. The summed E-state index contributed by atoms with van der Waals surface area (Å²) in [6.45, 7) is 4.76. The summed E-state index contributed by atoms with van der Waals surface area (Å²) in [6.07, 6.45) is 1.37. The van der Waals surface area contributed by atoms with Crippen molar-refractivity contribution in [3.63, 3.8) is 0 Å². The Kier molecular flexibility index (Phi) is 3.46. The van der Waals surface area contributed by atoms with Gasteiger partial charge in [0, 0.05) is 18.1 Å². The van der Waals surface area contributed by atoms with Crippen LogP contribution in [0.3, 0.4) is 0 Å². The van der Waals surface area contributed by atoms with Gasteiger partial charge in [-0.05, 0) is 20.8 Å². The third-order valence-electron chi connectivity index (χ3n) is 2.43. The van der Waals surface area contributed by atoms with E-state index >= 15 is 0 Å². The number of hydrogen-bond acceptors (Lipinski definition) is 3. The second-order valence-corrected chi connectivity index (χ2v) is 3.63. The van der Waals surface area contributed by atoms with Crippen molar-refractivity contribution in [2.45, 2.75) is 20.8 Å². The SMILES string of the molecule is CC#Cn1c(=O)c2c(ncn2C#CC)n(C#CC)c1=O. The van der Waals surface area contributed by atoms with Gasteiger partial charge < -0.3 is 0 Å². The number of hydrogen-bond donors (Lipinski definition) is 0. The van der Waals surface area contributed by atoms with E-state index in [0.29, 0.717) is 0 Å². The number of rotatable bonds is 0. The number of fused-ring (bicyclic) bond motifs is 1. The third-order valence-corrected chi connectivity index (χ3v) is 2.43. The Bertz CT molecular complexity index is 985. The molecule has 0 radical (unpaired) electrons. The van der Waals surface area contributed by atoms with E-state index in [1.165, 1.54) is 17.8 Å². The zero-order valence-corrected chi connectivity index (χ0v) is 11.2. The van der Waals surface area contributed by atoms with Gasteiger partial charge in [-0.1, -0.05) is 17.8 Å². The highest BCUT2D eigenvalue weighted by Crippen LogP contribution is 2.04. The zero-order valence-electron chi connectivity index (χ0n) is 11.2. The molecule has 0 aliphatic heterocycles. The van der Waals surface area contributed by atoms with Gasteiger partial charge >= 0.3 is 5.69 Å². The summed E-state index contributed by atoms with van der Waals surface area (Å²) in [4.78, 5) is 28.5. The first-order valence-corrected chi connectivity index (χ1v) is 5.69. The van der Waals surface area contributed by atoms with Crippen LogP contribution < -0.4 is 11.2 Å². The monoisotopic (exact) mass is 266 g/mol. The maximum atomic E-state index is 12.3. The van der Waals surface area contributed by atoms with E-state index in [1.54, 1.807) is 13.8 Å². The van der Waals surface area contributed by atoms with Crippen molar-refractivity contribution < 1.29 is 0 Å².